The van der Waals surface area contributed by atoms with Gasteiger partial charge in [-0.2, -0.15) is 0 Å². The number of hydrogen-bond donors (Lipinski definition) is 3. The number of methoxy groups -OCH3 is 2. The predicted octanol–water partition coefficient (Wildman–Crippen LogP) is 3.49. The molecule has 3 rings (SSSR count). The van der Waals surface area contributed by atoms with Crippen LogP contribution in [0.4, 0.5) is 11.4 Å². The molecule has 0 aliphatic carbocycles. The molecule has 9 nitrogen and oxygen atoms in total. The summed E-state index contributed by atoms with van der Waals surface area (Å²) in [4.78, 5) is 31.9. The lowest BCUT2D eigenvalue weighted by molar-refractivity contribution is -0.105. The van der Waals surface area contributed by atoms with Crippen LogP contribution in [-0.2, 0) is 14.3 Å². The van der Waals surface area contributed by atoms with E-state index in [2.05, 4.69) is 20.6 Å². The Bertz CT molecular complexity index is 1100. The van der Waals surface area contributed by atoms with Gasteiger partial charge in [0.25, 0.3) is 0 Å². The number of nitrogens with zero attached hydrogens (tertiary/aromatic N) is 1. The number of fused-ring (bicyclic) bond motifs is 1. The number of rotatable bonds is 12. The average Bonchev–Trinajstić information content (AvgIpc) is 3.20. The number of nitrogens with one attached hydrogen (secondary N) is 3. The van der Waals surface area contributed by atoms with Crippen molar-refractivity contribution in [1.82, 2.24) is 9.97 Å². The molecule has 2 aromatic heterocycles. The molecule has 0 fully saturated rings. The minimum atomic E-state index is -0.294. The smallest absolute Gasteiger partial charge is 0.211 e. The van der Waals surface area contributed by atoms with E-state index in [-0.39, 0.29) is 16.8 Å². The molecule has 1 unspecified atom stereocenters. The van der Waals surface area contributed by atoms with Gasteiger partial charge in [0.2, 0.25) is 6.41 Å². The third kappa shape index (κ3) is 5.18. The predicted molar refractivity (Wildman–Crippen MR) is 123 cm³/mol. The third-order valence-electron chi connectivity index (χ3n) is 4.71. The molecule has 0 radical (unpaired) electrons. The Morgan fingerprint density at radius 1 is 1.25 bits per heavy atom. The standard InChI is InChI=1S/C22H25ClN4O5/c1-13(11-31-3)27-20-18(26-12-28)10-25-22-19(20)16(9-24-22)21(29)15-5-4-14(8-17(15)23)32-7-6-30-2/h4-5,8-10,12-13H,6-7,11H2,1-3H3,(H,26,28)(H2,24,25,27). The number of H-pyrrole nitrogens is 1. The van der Waals surface area contributed by atoms with E-state index >= 15 is 0 Å². The average molecular weight is 461 g/mol. The first kappa shape index (κ1) is 23.5. The van der Waals surface area contributed by atoms with E-state index in [1.54, 1.807) is 38.6 Å². The molecule has 0 saturated heterocycles. The van der Waals surface area contributed by atoms with E-state index in [0.29, 0.717) is 65.5 Å². The van der Waals surface area contributed by atoms with Crippen molar-refractivity contribution in [1.29, 1.82) is 0 Å². The van der Waals surface area contributed by atoms with Crippen LogP contribution in [0.25, 0.3) is 11.0 Å². The van der Waals surface area contributed by atoms with Crippen molar-refractivity contribution in [2.24, 2.45) is 0 Å². The highest BCUT2D eigenvalue weighted by Crippen LogP contribution is 2.35. The van der Waals surface area contributed by atoms with E-state index in [0.717, 1.165) is 0 Å². The number of aromatic amines is 1. The van der Waals surface area contributed by atoms with Crippen molar-refractivity contribution in [2.75, 3.05) is 44.7 Å². The Hall–Kier alpha value is -3.14. The fraction of sp³-hybridized carbons (Fsp3) is 0.318. The zero-order valence-corrected chi connectivity index (χ0v) is 18.8. The van der Waals surface area contributed by atoms with Gasteiger partial charge in [0.05, 0.1) is 46.8 Å². The Kier molecular flexibility index (Phi) is 8.04. The van der Waals surface area contributed by atoms with E-state index < -0.39 is 0 Å². The molecule has 3 N–H and O–H groups in total. The first-order valence-corrected chi connectivity index (χ1v) is 10.3. The number of hydrogen-bond acceptors (Lipinski definition) is 7. The Labute approximate surface area is 190 Å². The van der Waals surface area contributed by atoms with Gasteiger partial charge in [-0.15, -0.1) is 0 Å². The highest BCUT2D eigenvalue weighted by molar-refractivity contribution is 6.36. The second-order valence-electron chi connectivity index (χ2n) is 7.05. The number of halogens is 1. The summed E-state index contributed by atoms with van der Waals surface area (Å²) in [6.07, 6.45) is 3.65. The largest absolute Gasteiger partial charge is 0.491 e. The Balaban J connectivity index is 2.02. The number of benzene rings is 1. The fourth-order valence-electron chi connectivity index (χ4n) is 3.29. The van der Waals surface area contributed by atoms with Crippen LogP contribution in [0.5, 0.6) is 5.75 Å². The molecule has 1 atom stereocenters. The lowest BCUT2D eigenvalue weighted by atomic mass is 10.0. The highest BCUT2D eigenvalue weighted by Gasteiger charge is 2.22. The van der Waals surface area contributed by atoms with Crippen LogP contribution in [0.2, 0.25) is 5.02 Å². The van der Waals surface area contributed by atoms with Gasteiger partial charge < -0.3 is 29.8 Å². The molecule has 1 aromatic carbocycles. The zero-order chi connectivity index (χ0) is 23.1. The summed E-state index contributed by atoms with van der Waals surface area (Å²) in [6, 6.07) is 4.80. The number of amides is 1. The van der Waals surface area contributed by atoms with Crippen LogP contribution in [0.1, 0.15) is 22.8 Å². The highest BCUT2D eigenvalue weighted by atomic mass is 35.5. The zero-order valence-electron chi connectivity index (χ0n) is 18.0. The number of carbonyl (C=O) groups is 2. The maximum Gasteiger partial charge on any atom is 0.211 e. The second kappa shape index (κ2) is 10.9. The van der Waals surface area contributed by atoms with Gasteiger partial charge in [0, 0.05) is 32.0 Å². The van der Waals surface area contributed by atoms with Crippen LogP contribution in [0, 0.1) is 0 Å². The molecule has 0 bridgehead atoms. The summed E-state index contributed by atoms with van der Waals surface area (Å²) in [5, 5.41) is 6.73. The second-order valence-corrected chi connectivity index (χ2v) is 7.45. The molecule has 1 amide bonds. The fourth-order valence-corrected chi connectivity index (χ4v) is 3.55. The Morgan fingerprint density at radius 3 is 2.75 bits per heavy atom. The van der Waals surface area contributed by atoms with Crippen LogP contribution in [0.15, 0.2) is 30.6 Å². The van der Waals surface area contributed by atoms with Gasteiger partial charge in [-0.3, -0.25) is 9.59 Å². The molecular formula is C22H25ClN4O5. The SMILES string of the molecule is COCCOc1ccc(C(=O)c2c[nH]c3ncc(NC=O)c(NC(C)COC)c23)c(Cl)c1. The van der Waals surface area contributed by atoms with Gasteiger partial charge in [-0.05, 0) is 25.1 Å². The molecule has 0 saturated carbocycles. The van der Waals surface area contributed by atoms with Crippen molar-refractivity contribution >= 4 is 46.2 Å². The number of aromatic nitrogens is 2. The summed E-state index contributed by atoms with van der Waals surface area (Å²) >= 11 is 6.40. The normalized spacial score (nSPS) is 11.9. The molecule has 170 valence electrons. The van der Waals surface area contributed by atoms with Crippen molar-refractivity contribution in [2.45, 2.75) is 13.0 Å². The summed E-state index contributed by atoms with van der Waals surface area (Å²) in [5.74, 6) is 0.245. The maximum atomic E-state index is 13.4. The van der Waals surface area contributed by atoms with Gasteiger partial charge >= 0.3 is 0 Å². The first-order valence-electron chi connectivity index (χ1n) is 9.91. The van der Waals surface area contributed by atoms with E-state index in [9.17, 15) is 9.59 Å². The minimum Gasteiger partial charge on any atom is -0.491 e. The summed E-state index contributed by atoms with van der Waals surface area (Å²) < 4.78 is 15.7. The minimum absolute atomic E-state index is 0.0947. The summed E-state index contributed by atoms with van der Waals surface area (Å²) in [5.41, 5.74) is 2.18. The van der Waals surface area contributed by atoms with Crippen LogP contribution >= 0.6 is 11.6 Å². The molecule has 0 aliphatic heterocycles. The molecule has 3 aromatic rings. The van der Waals surface area contributed by atoms with E-state index in [1.807, 2.05) is 6.92 Å². The van der Waals surface area contributed by atoms with Crippen molar-refractivity contribution < 1.29 is 23.8 Å². The molecular weight excluding hydrogens is 436 g/mol. The van der Waals surface area contributed by atoms with Crippen LogP contribution in [-0.4, -0.2) is 62.2 Å². The molecule has 0 spiro atoms. The molecule has 2 heterocycles. The monoisotopic (exact) mass is 460 g/mol. The number of ether oxygens (including phenoxy) is 3. The molecule has 0 aliphatic rings. The van der Waals surface area contributed by atoms with Crippen molar-refractivity contribution in [3.05, 3.63) is 46.7 Å². The van der Waals surface area contributed by atoms with E-state index in [4.69, 9.17) is 25.8 Å². The van der Waals surface area contributed by atoms with Gasteiger partial charge in [0.1, 0.15) is 18.0 Å². The lowest BCUT2D eigenvalue weighted by Gasteiger charge is -2.18. The Morgan fingerprint density at radius 2 is 2.06 bits per heavy atom. The number of pyridine rings is 1. The summed E-state index contributed by atoms with van der Waals surface area (Å²) in [6.45, 7) is 3.16. The third-order valence-corrected chi connectivity index (χ3v) is 5.02. The van der Waals surface area contributed by atoms with Crippen LogP contribution < -0.4 is 15.4 Å². The quantitative estimate of drug-likeness (QED) is 0.215. The van der Waals surface area contributed by atoms with Crippen LogP contribution in [0.3, 0.4) is 0 Å². The van der Waals surface area contributed by atoms with E-state index in [1.165, 1.54) is 6.20 Å². The van der Waals surface area contributed by atoms with Gasteiger partial charge in [-0.1, -0.05) is 11.6 Å². The maximum absolute atomic E-state index is 13.4. The van der Waals surface area contributed by atoms with Crippen molar-refractivity contribution in [3.8, 4) is 5.75 Å². The van der Waals surface area contributed by atoms with Gasteiger partial charge in [-0.25, -0.2) is 4.98 Å². The number of carbonyl (C=O) groups excluding carboxylic acids is 2. The van der Waals surface area contributed by atoms with Gasteiger partial charge in [0.15, 0.2) is 5.78 Å². The molecule has 32 heavy (non-hydrogen) atoms. The number of anilines is 2. The first-order chi connectivity index (χ1) is 15.5. The summed E-state index contributed by atoms with van der Waals surface area (Å²) in [7, 11) is 3.18. The molecule has 10 heteroatoms. The lowest BCUT2D eigenvalue weighted by Crippen LogP contribution is -2.22. The number of ketones is 1. The topological polar surface area (TPSA) is 115 Å². The van der Waals surface area contributed by atoms with Crippen molar-refractivity contribution in [3.63, 3.8) is 0 Å².